The van der Waals surface area contributed by atoms with Crippen LogP contribution >= 0.6 is 0 Å². The number of alkyl halides is 1. The quantitative estimate of drug-likeness (QED) is 0.755. The van der Waals surface area contributed by atoms with Gasteiger partial charge in [-0.1, -0.05) is 17.2 Å². The van der Waals surface area contributed by atoms with Gasteiger partial charge in [0.15, 0.2) is 5.82 Å². The highest BCUT2D eigenvalue weighted by Crippen LogP contribution is 2.26. The Morgan fingerprint density at radius 1 is 1.38 bits per heavy atom. The molecule has 24 heavy (non-hydrogen) atoms. The molecule has 2 aromatic rings. The molecule has 0 spiro atoms. The molecule has 3 rings (SSSR count). The lowest BCUT2D eigenvalue weighted by molar-refractivity contribution is 0.276. The van der Waals surface area contributed by atoms with Crippen molar-refractivity contribution < 1.29 is 13.3 Å². The van der Waals surface area contributed by atoms with Crippen LogP contribution in [-0.2, 0) is 13.0 Å². The van der Waals surface area contributed by atoms with Gasteiger partial charge in [0.1, 0.15) is 6.17 Å². The lowest BCUT2D eigenvalue weighted by Crippen LogP contribution is -2.39. The summed E-state index contributed by atoms with van der Waals surface area (Å²) >= 11 is 0. The van der Waals surface area contributed by atoms with Crippen molar-refractivity contribution in [3.63, 3.8) is 0 Å². The van der Waals surface area contributed by atoms with E-state index in [1.54, 1.807) is 6.92 Å². The predicted octanol–water partition coefficient (Wildman–Crippen LogP) is 1.76. The molecule has 0 amide bonds. The van der Waals surface area contributed by atoms with Crippen molar-refractivity contribution >= 4 is 6.01 Å². The third-order valence-electron chi connectivity index (χ3n) is 4.03. The first-order valence-electron chi connectivity index (χ1n) is 8.26. The molecular formula is C15H23FN6O2. The molecule has 132 valence electrons. The average molecular weight is 338 g/mol. The molecule has 1 fully saturated rings. The topological polar surface area (TPSA) is 84.3 Å². The monoisotopic (exact) mass is 338 g/mol. The summed E-state index contributed by atoms with van der Waals surface area (Å²) in [6.07, 6.45) is 1.30. The van der Waals surface area contributed by atoms with Gasteiger partial charge in [-0.3, -0.25) is 4.90 Å². The van der Waals surface area contributed by atoms with Gasteiger partial charge >= 0.3 is 6.01 Å². The molecule has 2 aromatic heterocycles. The van der Waals surface area contributed by atoms with Crippen LogP contribution in [0.25, 0.3) is 0 Å². The molecule has 3 heterocycles. The van der Waals surface area contributed by atoms with Crippen LogP contribution in [0.2, 0.25) is 0 Å². The van der Waals surface area contributed by atoms with Crippen LogP contribution in [-0.4, -0.2) is 57.6 Å². The van der Waals surface area contributed by atoms with Crippen molar-refractivity contribution in [3.05, 3.63) is 17.6 Å². The zero-order valence-electron chi connectivity index (χ0n) is 14.3. The van der Waals surface area contributed by atoms with Crippen LogP contribution in [0.15, 0.2) is 8.94 Å². The number of nitrogens with zero attached hydrogens (tertiary/aromatic N) is 6. The fourth-order valence-electron chi connectivity index (χ4n) is 3.00. The summed E-state index contributed by atoms with van der Waals surface area (Å²) in [6.45, 7) is 5.28. The van der Waals surface area contributed by atoms with E-state index in [1.807, 2.05) is 11.9 Å². The second-order valence-corrected chi connectivity index (χ2v) is 6.29. The second kappa shape index (κ2) is 7.25. The molecule has 0 saturated carbocycles. The fraction of sp³-hybridized carbons (Fsp3) is 0.733. The number of aryl methyl sites for hydroxylation is 2. The molecule has 8 nitrogen and oxygen atoms in total. The third-order valence-corrected chi connectivity index (χ3v) is 4.03. The number of rotatable bonds is 7. The second-order valence-electron chi connectivity index (χ2n) is 6.29. The molecule has 0 aliphatic carbocycles. The normalized spacial score (nSPS) is 21.1. The minimum Gasteiger partial charge on any atom is -0.408 e. The van der Waals surface area contributed by atoms with Gasteiger partial charge < -0.3 is 13.8 Å². The Morgan fingerprint density at radius 2 is 2.21 bits per heavy atom. The van der Waals surface area contributed by atoms with Gasteiger partial charge in [0.2, 0.25) is 11.8 Å². The van der Waals surface area contributed by atoms with E-state index < -0.39 is 6.17 Å². The van der Waals surface area contributed by atoms with Gasteiger partial charge in [0.05, 0.1) is 13.1 Å². The van der Waals surface area contributed by atoms with Crippen molar-refractivity contribution in [2.24, 2.45) is 0 Å². The highest BCUT2D eigenvalue weighted by atomic mass is 19.1. The Balaban J connectivity index is 1.60. The van der Waals surface area contributed by atoms with Gasteiger partial charge in [-0.15, -0.1) is 5.10 Å². The van der Waals surface area contributed by atoms with Crippen LogP contribution in [0.4, 0.5) is 10.4 Å². The van der Waals surface area contributed by atoms with Crippen molar-refractivity contribution in [1.82, 2.24) is 25.2 Å². The molecule has 2 atom stereocenters. The van der Waals surface area contributed by atoms with Crippen molar-refractivity contribution in [2.45, 2.75) is 51.9 Å². The Bertz CT molecular complexity index is 660. The minimum absolute atomic E-state index is 0.0214. The Kier molecular flexibility index (Phi) is 5.08. The molecule has 9 heteroatoms. The summed E-state index contributed by atoms with van der Waals surface area (Å²) < 4.78 is 24.5. The predicted molar refractivity (Wildman–Crippen MR) is 84.3 cm³/mol. The zero-order valence-corrected chi connectivity index (χ0v) is 14.3. The van der Waals surface area contributed by atoms with E-state index >= 15 is 0 Å². The summed E-state index contributed by atoms with van der Waals surface area (Å²) in [5.41, 5.74) is 0. The lowest BCUT2D eigenvalue weighted by atomic mass is 10.2. The Labute approximate surface area is 140 Å². The van der Waals surface area contributed by atoms with E-state index in [-0.39, 0.29) is 12.6 Å². The average Bonchev–Trinajstić information content (AvgIpc) is 3.21. The lowest BCUT2D eigenvalue weighted by Gasteiger charge is -2.26. The van der Waals surface area contributed by atoms with Crippen LogP contribution in [0.1, 0.15) is 37.4 Å². The molecule has 0 unspecified atom stereocenters. The smallest absolute Gasteiger partial charge is 0.318 e. The summed E-state index contributed by atoms with van der Waals surface area (Å²) in [6, 6.07) is 0.364. The van der Waals surface area contributed by atoms with Crippen molar-refractivity contribution in [3.8, 4) is 0 Å². The van der Waals surface area contributed by atoms with E-state index in [0.717, 1.165) is 12.8 Å². The molecule has 1 saturated heterocycles. The Morgan fingerprint density at radius 3 is 2.92 bits per heavy atom. The fourth-order valence-corrected chi connectivity index (χ4v) is 3.00. The van der Waals surface area contributed by atoms with Crippen molar-refractivity contribution in [1.29, 1.82) is 0 Å². The molecule has 0 aromatic carbocycles. The van der Waals surface area contributed by atoms with Gasteiger partial charge in [0.25, 0.3) is 0 Å². The van der Waals surface area contributed by atoms with E-state index in [0.29, 0.717) is 43.1 Å². The molecule has 0 radical (unpaired) electrons. The Hall–Kier alpha value is -2.03. The molecule has 1 aliphatic heterocycles. The van der Waals surface area contributed by atoms with Crippen LogP contribution in [0, 0.1) is 6.92 Å². The van der Waals surface area contributed by atoms with E-state index in [1.165, 1.54) is 0 Å². The number of hydrogen-bond donors (Lipinski definition) is 0. The first-order chi connectivity index (χ1) is 11.5. The summed E-state index contributed by atoms with van der Waals surface area (Å²) in [7, 11) is 1.96. The summed E-state index contributed by atoms with van der Waals surface area (Å²) in [4.78, 5) is 8.26. The van der Waals surface area contributed by atoms with Gasteiger partial charge in [-0.25, -0.2) is 4.39 Å². The number of hydrogen-bond acceptors (Lipinski definition) is 8. The van der Waals surface area contributed by atoms with Gasteiger partial charge in [-0.05, 0) is 13.5 Å². The highest BCUT2D eigenvalue weighted by Gasteiger charge is 2.35. The van der Waals surface area contributed by atoms with Gasteiger partial charge in [-0.2, -0.15) is 4.98 Å². The summed E-state index contributed by atoms with van der Waals surface area (Å²) in [5.74, 6) is 1.79. The maximum Gasteiger partial charge on any atom is 0.318 e. The van der Waals surface area contributed by atoms with E-state index in [4.69, 9.17) is 8.94 Å². The molecular weight excluding hydrogens is 315 g/mol. The third kappa shape index (κ3) is 3.89. The van der Waals surface area contributed by atoms with Gasteiger partial charge in [0, 0.05) is 32.4 Å². The first-order valence-corrected chi connectivity index (χ1v) is 8.26. The first kappa shape index (κ1) is 16.8. The maximum absolute atomic E-state index is 13.9. The number of aromatic nitrogens is 4. The molecule has 0 bridgehead atoms. The van der Waals surface area contributed by atoms with Crippen molar-refractivity contribution in [2.75, 3.05) is 25.0 Å². The van der Waals surface area contributed by atoms with Crippen LogP contribution in [0.5, 0.6) is 0 Å². The van der Waals surface area contributed by atoms with E-state index in [9.17, 15) is 4.39 Å². The largest absolute Gasteiger partial charge is 0.408 e. The number of likely N-dealkylation sites (N-methyl/N-ethyl adjacent to an activating group) is 1. The number of halogens is 1. The standard InChI is InChI=1S/C15H23FN6O2/c1-4-5-14-17-13(20-24-14)9-21(3)8-12-6-11(16)7-22(12)15-19-18-10(2)23-15/h11-12H,4-9H2,1-3H3/t11-,12-/m0/s1. The number of anilines is 1. The maximum atomic E-state index is 13.9. The molecule has 1 aliphatic rings. The SMILES string of the molecule is CCCc1nc(CN(C)C[C@@H]2C[C@H](F)CN2c2nnc(C)o2)no1. The van der Waals surface area contributed by atoms with Crippen LogP contribution < -0.4 is 4.90 Å². The minimum atomic E-state index is -0.892. The zero-order chi connectivity index (χ0) is 17.1. The summed E-state index contributed by atoms with van der Waals surface area (Å²) in [5, 5.41) is 11.8. The van der Waals surface area contributed by atoms with Crippen LogP contribution in [0.3, 0.4) is 0 Å². The highest BCUT2D eigenvalue weighted by molar-refractivity contribution is 5.30. The molecule has 0 N–H and O–H groups in total. The van der Waals surface area contributed by atoms with E-state index in [2.05, 4.69) is 32.2 Å².